The van der Waals surface area contributed by atoms with Gasteiger partial charge in [0.1, 0.15) is 16.5 Å². The molecule has 1 aliphatic carbocycles. The van der Waals surface area contributed by atoms with Crippen LogP contribution < -0.4 is 11.1 Å². The van der Waals surface area contributed by atoms with Crippen molar-refractivity contribution in [3.63, 3.8) is 0 Å². The molecule has 0 atom stereocenters. The molecule has 0 aliphatic heterocycles. The largest absolute Gasteiger partial charge is 0.462 e. The van der Waals surface area contributed by atoms with E-state index in [4.69, 9.17) is 15.2 Å². The summed E-state index contributed by atoms with van der Waals surface area (Å²) in [5.74, 6) is -2.03. The molecule has 3 rings (SSSR count). The summed E-state index contributed by atoms with van der Waals surface area (Å²) in [6.07, 6.45) is 3.42. The summed E-state index contributed by atoms with van der Waals surface area (Å²) in [4.78, 5) is 51.6. The number of anilines is 1. The highest BCUT2D eigenvalue weighted by Crippen LogP contribution is 2.35. The van der Waals surface area contributed by atoms with Crippen molar-refractivity contribution in [3.05, 3.63) is 64.1 Å². The molecule has 0 unspecified atom stereocenters. The molecular weight excluding hydrogens is 470 g/mol. The molecular formula is C25H29N3O6S. The molecule has 10 heteroatoms. The van der Waals surface area contributed by atoms with Gasteiger partial charge in [0.25, 0.3) is 0 Å². The summed E-state index contributed by atoms with van der Waals surface area (Å²) in [5.41, 5.74) is 7.21. The molecule has 1 aromatic heterocycles. The van der Waals surface area contributed by atoms with Gasteiger partial charge in [-0.1, -0.05) is 24.8 Å². The molecule has 0 saturated heterocycles. The van der Waals surface area contributed by atoms with Crippen LogP contribution in [0.1, 0.15) is 61.3 Å². The van der Waals surface area contributed by atoms with E-state index in [2.05, 4.69) is 11.9 Å². The number of esters is 2. The predicted octanol–water partition coefficient (Wildman–Crippen LogP) is 3.28. The van der Waals surface area contributed by atoms with E-state index in [1.807, 2.05) is 17.0 Å². The molecule has 0 radical (unpaired) electrons. The maximum atomic E-state index is 13.0. The third-order valence-corrected chi connectivity index (χ3v) is 6.62. The smallest absolute Gasteiger partial charge is 0.348 e. The van der Waals surface area contributed by atoms with E-state index in [9.17, 15) is 19.2 Å². The number of ether oxygens (including phenoxy) is 2. The second-order valence-corrected chi connectivity index (χ2v) is 9.13. The second-order valence-electron chi connectivity index (χ2n) is 8.11. The molecule has 1 saturated carbocycles. The highest BCUT2D eigenvalue weighted by Gasteiger charge is 2.32. The van der Waals surface area contributed by atoms with Gasteiger partial charge in [0.2, 0.25) is 11.8 Å². The fourth-order valence-electron chi connectivity index (χ4n) is 3.56. The normalized spacial score (nSPS) is 12.8. The summed E-state index contributed by atoms with van der Waals surface area (Å²) in [7, 11) is 0. The average Bonchev–Trinajstić information content (AvgIpc) is 3.61. The number of hydrogen-bond donors (Lipinski definition) is 2. The Morgan fingerprint density at radius 2 is 1.86 bits per heavy atom. The van der Waals surface area contributed by atoms with Gasteiger partial charge < -0.3 is 20.5 Å². The van der Waals surface area contributed by atoms with Crippen LogP contribution in [0, 0.1) is 6.92 Å². The highest BCUT2D eigenvalue weighted by molar-refractivity contribution is 7.18. The zero-order chi connectivity index (χ0) is 25.5. The summed E-state index contributed by atoms with van der Waals surface area (Å²) in [6, 6.07) is 7.23. The van der Waals surface area contributed by atoms with Gasteiger partial charge in [-0.2, -0.15) is 0 Å². The van der Waals surface area contributed by atoms with E-state index in [-0.39, 0.29) is 47.1 Å². The first-order chi connectivity index (χ1) is 16.7. The Balaban J connectivity index is 1.76. The maximum absolute atomic E-state index is 13.0. The van der Waals surface area contributed by atoms with Gasteiger partial charge in [-0.15, -0.1) is 11.3 Å². The van der Waals surface area contributed by atoms with Crippen molar-refractivity contribution in [2.75, 3.05) is 25.1 Å². The minimum atomic E-state index is -0.618. The van der Waals surface area contributed by atoms with Crippen LogP contribution in [0.5, 0.6) is 0 Å². The van der Waals surface area contributed by atoms with Crippen LogP contribution in [0.25, 0.3) is 0 Å². The number of nitrogens with zero attached hydrogens (tertiary/aromatic N) is 1. The standard InChI is InChI=1S/C25H29N3O6S/c1-4-12-34-25(32)21-15(3)20(24(31)33-5-2)23(35-21)27-19(29)14-28(18-10-11-18)13-16-6-8-17(9-7-16)22(26)30/h4,6-9,18H,1,5,10-14H2,2-3H3,(H2,26,30)(H,27,29). The molecule has 1 aliphatic rings. The number of rotatable bonds is 12. The third kappa shape index (κ3) is 6.77. The van der Waals surface area contributed by atoms with Crippen LogP contribution in [0.2, 0.25) is 0 Å². The topological polar surface area (TPSA) is 128 Å². The molecule has 3 N–H and O–H groups in total. The van der Waals surface area contributed by atoms with Crippen LogP contribution in [-0.2, 0) is 20.8 Å². The van der Waals surface area contributed by atoms with Gasteiger partial charge in [0.15, 0.2) is 0 Å². The number of hydrogen-bond acceptors (Lipinski definition) is 8. The number of benzene rings is 1. The SMILES string of the molecule is C=CCOC(=O)c1sc(NC(=O)CN(Cc2ccc(C(N)=O)cc2)C2CC2)c(C(=O)OCC)c1C. The fraction of sp³-hybridized carbons (Fsp3) is 0.360. The lowest BCUT2D eigenvalue weighted by atomic mass is 10.1. The highest BCUT2D eigenvalue weighted by atomic mass is 32.1. The maximum Gasteiger partial charge on any atom is 0.348 e. The fourth-order valence-corrected chi connectivity index (χ4v) is 4.66. The quantitative estimate of drug-likeness (QED) is 0.339. The molecule has 1 heterocycles. The first-order valence-electron chi connectivity index (χ1n) is 11.3. The third-order valence-electron chi connectivity index (χ3n) is 5.43. The van der Waals surface area contributed by atoms with Crippen LogP contribution in [0.15, 0.2) is 36.9 Å². The average molecular weight is 500 g/mol. The van der Waals surface area contributed by atoms with Crippen molar-refractivity contribution in [2.24, 2.45) is 5.73 Å². The molecule has 1 aromatic carbocycles. The zero-order valence-electron chi connectivity index (χ0n) is 19.8. The summed E-state index contributed by atoms with van der Waals surface area (Å²) in [5, 5.41) is 3.04. The number of amides is 2. The Morgan fingerprint density at radius 1 is 1.17 bits per heavy atom. The molecule has 1 fully saturated rings. The van der Waals surface area contributed by atoms with Crippen molar-refractivity contribution < 1.29 is 28.7 Å². The Labute approximate surface area is 207 Å². The lowest BCUT2D eigenvalue weighted by molar-refractivity contribution is -0.117. The minimum absolute atomic E-state index is 0.0311. The summed E-state index contributed by atoms with van der Waals surface area (Å²) >= 11 is 0.983. The monoisotopic (exact) mass is 499 g/mol. The molecule has 0 bridgehead atoms. The van der Waals surface area contributed by atoms with E-state index in [1.165, 1.54) is 6.08 Å². The van der Waals surface area contributed by atoms with Gasteiger partial charge in [0.05, 0.1) is 18.7 Å². The van der Waals surface area contributed by atoms with Gasteiger partial charge in [0, 0.05) is 18.2 Å². The van der Waals surface area contributed by atoms with Crippen molar-refractivity contribution in [3.8, 4) is 0 Å². The Hall–Kier alpha value is -3.50. The first-order valence-corrected chi connectivity index (χ1v) is 12.1. The molecule has 9 nitrogen and oxygen atoms in total. The Morgan fingerprint density at radius 3 is 2.43 bits per heavy atom. The van der Waals surface area contributed by atoms with E-state index in [0.717, 1.165) is 29.7 Å². The second kappa shape index (κ2) is 11.8. The van der Waals surface area contributed by atoms with Crippen LogP contribution in [0.4, 0.5) is 5.00 Å². The van der Waals surface area contributed by atoms with Crippen molar-refractivity contribution >= 4 is 40.1 Å². The number of carbonyl (C=O) groups excluding carboxylic acids is 4. The molecule has 35 heavy (non-hydrogen) atoms. The number of thiophene rings is 1. The van der Waals surface area contributed by atoms with Crippen LogP contribution in [-0.4, -0.2) is 54.5 Å². The van der Waals surface area contributed by atoms with Gasteiger partial charge in [-0.05, 0) is 49.9 Å². The molecule has 2 aromatic rings. The van der Waals surface area contributed by atoms with Crippen LogP contribution >= 0.6 is 11.3 Å². The Bertz CT molecular complexity index is 1120. The number of nitrogens with one attached hydrogen (secondary N) is 1. The first kappa shape index (κ1) is 26.1. The van der Waals surface area contributed by atoms with Gasteiger partial charge in [-0.25, -0.2) is 9.59 Å². The number of nitrogens with two attached hydrogens (primary N) is 1. The van der Waals surface area contributed by atoms with Crippen molar-refractivity contribution in [1.82, 2.24) is 4.90 Å². The van der Waals surface area contributed by atoms with E-state index < -0.39 is 17.8 Å². The van der Waals surface area contributed by atoms with Crippen LogP contribution in [0.3, 0.4) is 0 Å². The molecule has 186 valence electrons. The Kier molecular flexibility index (Phi) is 8.78. The van der Waals surface area contributed by atoms with Crippen molar-refractivity contribution in [1.29, 1.82) is 0 Å². The van der Waals surface area contributed by atoms with Crippen molar-refractivity contribution in [2.45, 2.75) is 39.3 Å². The lowest BCUT2D eigenvalue weighted by Crippen LogP contribution is -2.34. The van der Waals surface area contributed by atoms with Gasteiger partial charge in [-0.3, -0.25) is 14.5 Å². The number of primary amides is 1. The molecule has 2 amide bonds. The van der Waals surface area contributed by atoms with Gasteiger partial charge >= 0.3 is 11.9 Å². The number of carbonyl (C=O) groups is 4. The van der Waals surface area contributed by atoms with E-state index in [0.29, 0.717) is 17.7 Å². The zero-order valence-corrected chi connectivity index (χ0v) is 20.6. The van der Waals surface area contributed by atoms with E-state index in [1.54, 1.807) is 26.0 Å². The molecule has 0 spiro atoms. The van der Waals surface area contributed by atoms with E-state index >= 15 is 0 Å². The lowest BCUT2D eigenvalue weighted by Gasteiger charge is -2.21. The minimum Gasteiger partial charge on any atom is -0.462 e. The predicted molar refractivity (Wildman–Crippen MR) is 133 cm³/mol. The summed E-state index contributed by atoms with van der Waals surface area (Å²) in [6.45, 7) is 7.62. The summed E-state index contributed by atoms with van der Waals surface area (Å²) < 4.78 is 10.3.